The molecule has 2 saturated heterocycles. The molecule has 0 unspecified atom stereocenters. The van der Waals surface area contributed by atoms with Gasteiger partial charge in [0.05, 0.1) is 0 Å². The third kappa shape index (κ3) is 5.58. The average Bonchev–Trinajstić information content (AvgIpc) is 3.08. The van der Waals surface area contributed by atoms with Gasteiger partial charge < -0.3 is 15.1 Å². The third-order valence-corrected chi connectivity index (χ3v) is 6.10. The van der Waals surface area contributed by atoms with Gasteiger partial charge in [0.1, 0.15) is 0 Å². The van der Waals surface area contributed by atoms with Crippen molar-refractivity contribution in [2.45, 2.75) is 64.8 Å². The Morgan fingerprint density at radius 1 is 0.897 bits per heavy atom. The van der Waals surface area contributed by atoms with Gasteiger partial charge >= 0.3 is 11.8 Å². The molecular weight excluding hydrogens is 366 g/mol. The summed E-state index contributed by atoms with van der Waals surface area (Å²) >= 11 is 0. The topological polar surface area (TPSA) is 69.7 Å². The average molecular weight is 400 g/mol. The van der Waals surface area contributed by atoms with Crippen molar-refractivity contribution in [3.05, 3.63) is 29.8 Å². The van der Waals surface area contributed by atoms with Gasteiger partial charge in [0.15, 0.2) is 0 Å². The first-order chi connectivity index (χ1) is 14.0. The Morgan fingerprint density at radius 2 is 1.55 bits per heavy atom. The molecule has 0 aliphatic carbocycles. The van der Waals surface area contributed by atoms with Crippen LogP contribution in [0.15, 0.2) is 24.3 Å². The van der Waals surface area contributed by atoms with Crippen molar-refractivity contribution in [2.24, 2.45) is 5.92 Å². The molecule has 1 aromatic rings. The number of nitrogens with one attached hydrogen (secondary N) is 1. The number of benzene rings is 1. The smallest absolute Gasteiger partial charge is 0.313 e. The number of carbonyl (C=O) groups is 3. The van der Waals surface area contributed by atoms with Gasteiger partial charge in [-0.15, -0.1) is 0 Å². The fraction of sp³-hybridized carbons (Fsp3) is 0.609. The van der Waals surface area contributed by atoms with E-state index in [-0.39, 0.29) is 11.9 Å². The number of anilines is 1. The molecule has 2 aliphatic heterocycles. The summed E-state index contributed by atoms with van der Waals surface area (Å²) in [6.07, 6.45) is 7.55. The van der Waals surface area contributed by atoms with Crippen molar-refractivity contribution in [2.75, 3.05) is 25.0 Å². The lowest BCUT2D eigenvalue weighted by molar-refractivity contribution is -0.144. The Bertz CT molecular complexity index is 723. The summed E-state index contributed by atoms with van der Waals surface area (Å²) in [5, 5.41) is 2.70. The van der Waals surface area contributed by atoms with Crippen LogP contribution in [0.2, 0.25) is 0 Å². The van der Waals surface area contributed by atoms with Crippen molar-refractivity contribution in [1.29, 1.82) is 0 Å². The van der Waals surface area contributed by atoms with E-state index in [1.807, 2.05) is 11.8 Å². The van der Waals surface area contributed by atoms with Crippen LogP contribution in [0, 0.1) is 5.92 Å². The molecule has 0 radical (unpaired) electrons. The summed E-state index contributed by atoms with van der Waals surface area (Å²) in [6, 6.07) is 6.93. The number of nitrogens with zero attached hydrogens (tertiary/aromatic N) is 2. The fourth-order valence-corrected chi connectivity index (χ4v) is 4.28. The molecule has 3 rings (SSSR count). The van der Waals surface area contributed by atoms with Gasteiger partial charge in [-0.05, 0) is 62.8 Å². The highest BCUT2D eigenvalue weighted by atomic mass is 16.2. The molecular formula is C23H33N3O3. The Balaban J connectivity index is 1.60. The molecule has 2 fully saturated rings. The lowest BCUT2D eigenvalue weighted by atomic mass is 10.1. The van der Waals surface area contributed by atoms with E-state index in [9.17, 15) is 14.4 Å². The number of carbonyl (C=O) groups excluding carboxylic acids is 3. The summed E-state index contributed by atoms with van der Waals surface area (Å²) in [5.41, 5.74) is 1.15. The molecule has 3 amide bonds. The van der Waals surface area contributed by atoms with Crippen LogP contribution in [-0.2, 0) is 9.59 Å². The minimum absolute atomic E-state index is 0.0354. The normalized spacial score (nSPS) is 23.1. The van der Waals surface area contributed by atoms with Crippen LogP contribution < -0.4 is 5.32 Å². The van der Waals surface area contributed by atoms with Crippen molar-refractivity contribution < 1.29 is 14.4 Å². The Hall–Kier alpha value is -2.37. The molecule has 1 N–H and O–H groups in total. The molecule has 2 heterocycles. The van der Waals surface area contributed by atoms with Gasteiger partial charge in [-0.2, -0.15) is 0 Å². The number of amides is 3. The summed E-state index contributed by atoms with van der Waals surface area (Å²) < 4.78 is 0. The molecule has 29 heavy (non-hydrogen) atoms. The zero-order chi connectivity index (χ0) is 20.8. The van der Waals surface area contributed by atoms with E-state index in [2.05, 4.69) is 12.2 Å². The predicted octanol–water partition coefficient (Wildman–Crippen LogP) is 3.68. The van der Waals surface area contributed by atoms with E-state index in [1.165, 1.54) is 12.8 Å². The van der Waals surface area contributed by atoms with E-state index in [0.29, 0.717) is 23.7 Å². The molecule has 0 spiro atoms. The van der Waals surface area contributed by atoms with Gasteiger partial charge in [0.25, 0.3) is 5.91 Å². The highest BCUT2D eigenvalue weighted by molar-refractivity contribution is 6.39. The molecule has 0 bridgehead atoms. The molecule has 0 saturated carbocycles. The van der Waals surface area contributed by atoms with E-state index >= 15 is 0 Å². The molecule has 2 atom stereocenters. The number of rotatable bonds is 2. The Labute approximate surface area is 173 Å². The summed E-state index contributed by atoms with van der Waals surface area (Å²) in [4.78, 5) is 41.5. The van der Waals surface area contributed by atoms with Crippen LogP contribution in [0.3, 0.4) is 0 Å². The molecule has 6 heteroatoms. The van der Waals surface area contributed by atoms with Gasteiger partial charge in [-0.1, -0.05) is 26.2 Å². The lowest BCUT2D eigenvalue weighted by Crippen LogP contribution is -2.45. The van der Waals surface area contributed by atoms with Crippen LogP contribution in [-0.4, -0.2) is 53.2 Å². The largest absolute Gasteiger partial charge is 0.339 e. The third-order valence-electron chi connectivity index (χ3n) is 6.10. The zero-order valence-corrected chi connectivity index (χ0v) is 17.7. The van der Waals surface area contributed by atoms with E-state index in [4.69, 9.17) is 0 Å². The summed E-state index contributed by atoms with van der Waals surface area (Å²) in [5.74, 6) is -0.650. The minimum Gasteiger partial charge on any atom is -0.339 e. The molecule has 158 valence electrons. The van der Waals surface area contributed by atoms with Crippen LogP contribution in [0.5, 0.6) is 0 Å². The predicted molar refractivity (Wildman–Crippen MR) is 114 cm³/mol. The maximum Gasteiger partial charge on any atom is 0.313 e. The van der Waals surface area contributed by atoms with Gasteiger partial charge in [-0.25, -0.2) is 0 Å². The number of hydrogen-bond donors (Lipinski definition) is 1. The fourth-order valence-electron chi connectivity index (χ4n) is 4.28. The zero-order valence-electron chi connectivity index (χ0n) is 17.7. The van der Waals surface area contributed by atoms with Gasteiger partial charge in [0, 0.05) is 36.9 Å². The first-order valence-corrected chi connectivity index (χ1v) is 11.0. The Kier molecular flexibility index (Phi) is 7.29. The van der Waals surface area contributed by atoms with E-state index < -0.39 is 11.8 Å². The number of hydrogen-bond acceptors (Lipinski definition) is 3. The second-order valence-electron chi connectivity index (χ2n) is 8.58. The highest BCUT2D eigenvalue weighted by Gasteiger charge is 2.29. The lowest BCUT2D eigenvalue weighted by Gasteiger charge is -2.28. The SMILES string of the molecule is C[C@H]1CCC[C@@H](C)N(C(=O)C(=O)Nc2ccc(C(=O)N3CCCCCC3)cc2)C1. The van der Waals surface area contributed by atoms with Gasteiger partial charge in [0.2, 0.25) is 0 Å². The van der Waals surface area contributed by atoms with Crippen LogP contribution in [0.4, 0.5) is 5.69 Å². The van der Waals surface area contributed by atoms with E-state index in [1.54, 1.807) is 29.2 Å². The molecule has 2 aliphatic rings. The minimum atomic E-state index is -0.613. The second-order valence-corrected chi connectivity index (χ2v) is 8.58. The molecule has 6 nitrogen and oxygen atoms in total. The monoisotopic (exact) mass is 399 g/mol. The van der Waals surface area contributed by atoms with Crippen molar-refractivity contribution in [3.63, 3.8) is 0 Å². The highest BCUT2D eigenvalue weighted by Crippen LogP contribution is 2.21. The van der Waals surface area contributed by atoms with Crippen LogP contribution in [0.1, 0.15) is 69.2 Å². The van der Waals surface area contributed by atoms with Crippen LogP contribution in [0.25, 0.3) is 0 Å². The summed E-state index contributed by atoms with van der Waals surface area (Å²) in [7, 11) is 0. The maximum absolute atomic E-state index is 12.7. The second kappa shape index (κ2) is 9.90. The Morgan fingerprint density at radius 3 is 2.21 bits per heavy atom. The number of likely N-dealkylation sites (tertiary alicyclic amines) is 2. The molecule has 1 aromatic carbocycles. The van der Waals surface area contributed by atoms with Crippen LogP contribution >= 0.6 is 0 Å². The quantitative estimate of drug-likeness (QED) is 0.772. The first kappa shape index (κ1) is 21.3. The first-order valence-electron chi connectivity index (χ1n) is 11.0. The van der Waals surface area contributed by atoms with Crippen molar-refractivity contribution in [3.8, 4) is 0 Å². The van der Waals surface area contributed by atoms with Gasteiger partial charge in [-0.3, -0.25) is 14.4 Å². The van der Waals surface area contributed by atoms with E-state index in [0.717, 1.165) is 45.2 Å². The maximum atomic E-state index is 12.7. The standard InChI is InChI=1S/C23H33N3O3/c1-17-8-7-9-18(2)26(16-17)23(29)21(27)24-20-12-10-19(11-13-20)22(28)25-14-5-3-4-6-15-25/h10-13,17-18H,3-9,14-16H2,1-2H3,(H,24,27)/t17-,18+/m0/s1. The van der Waals surface area contributed by atoms with Crippen molar-refractivity contribution >= 4 is 23.4 Å². The molecule has 0 aromatic heterocycles. The van der Waals surface area contributed by atoms with Crippen molar-refractivity contribution in [1.82, 2.24) is 9.80 Å². The summed E-state index contributed by atoms with van der Waals surface area (Å²) in [6.45, 7) is 6.36.